The van der Waals surface area contributed by atoms with Gasteiger partial charge in [0.15, 0.2) is 0 Å². The number of hydrogen-bond donors (Lipinski definition) is 2. The highest BCUT2D eigenvalue weighted by Crippen LogP contribution is 2.33. The van der Waals surface area contributed by atoms with Gasteiger partial charge in [0, 0.05) is 17.8 Å². The Bertz CT molecular complexity index is 434. The molecule has 2 rings (SSSR count). The van der Waals surface area contributed by atoms with Crippen LogP contribution in [0.5, 0.6) is 0 Å². The van der Waals surface area contributed by atoms with Gasteiger partial charge in [-0.3, -0.25) is 0 Å². The van der Waals surface area contributed by atoms with Crippen LogP contribution in [0.1, 0.15) is 37.0 Å². The summed E-state index contributed by atoms with van der Waals surface area (Å²) >= 11 is 0. The van der Waals surface area contributed by atoms with E-state index in [0.717, 1.165) is 25.1 Å². The Hall–Kier alpha value is -1.13. The number of hydrogen-bond acceptors (Lipinski definition) is 3. The summed E-state index contributed by atoms with van der Waals surface area (Å²) in [5.41, 5.74) is 2.01. The molecule has 1 aliphatic heterocycles. The number of anilines is 1. The van der Waals surface area contributed by atoms with Crippen LogP contribution in [-0.2, 0) is 0 Å². The lowest BCUT2D eigenvalue weighted by molar-refractivity contribution is 0.198. The summed E-state index contributed by atoms with van der Waals surface area (Å²) < 4.78 is 13.6. The van der Waals surface area contributed by atoms with Crippen LogP contribution in [0.3, 0.4) is 0 Å². The zero-order valence-electron chi connectivity index (χ0n) is 10.9. The second-order valence-electron chi connectivity index (χ2n) is 5.01. The van der Waals surface area contributed by atoms with Crippen molar-refractivity contribution >= 4 is 5.69 Å². The highest BCUT2D eigenvalue weighted by atomic mass is 19.1. The molecular weight excluding hydrogens is 233 g/mol. The molecule has 18 heavy (non-hydrogen) atoms. The molecule has 1 unspecified atom stereocenters. The molecular formula is C14H20FNO2. The van der Waals surface area contributed by atoms with Gasteiger partial charge in [-0.2, -0.15) is 0 Å². The van der Waals surface area contributed by atoms with Crippen molar-refractivity contribution in [1.82, 2.24) is 0 Å². The molecule has 3 nitrogen and oxygen atoms in total. The number of halogens is 1. The van der Waals surface area contributed by atoms with Crippen LogP contribution in [0.4, 0.5) is 10.1 Å². The maximum atomic E-state index is 13.6. The molecule has 0 radical (unpaired) electrons. The van der Waals surface area contributed by atoms with Crippen molar-refractivity contribution in [3.63, 3.8) is 0 Å². The van der Waals surface area contributed by atoms with Crippen molar-refractivity contribution in [3.8, 4) is 0 Å². The molecule has 4 heteroatoms. The number of rotatable bonds is 3. The molecule has 1 fully saturated rings. The summed E-state index contributed by atoms with van der Waals surface area (Å²) in [6.45, 7) is 4.29. The van der Waals surface area contributed by atoms with E-state index in [0.29, 0.717) is 11.1 Å². The van der Waals surface area contributed by atoms with E-state index in [9.17, 15) is 14.6 Å². The van der Waals surface area contributed by atoms with E-state index in [-0.39, 0.29) is 18.5 Å². The monoisotopic (exact) mass is 253 g/mol. The molecule has 1 saturated heterocycles. The second kappa shape index (κ2) is 5.24. The Labute approximate surface area is 107 Å². The minimum absolute atomic E-state index is 0.0763. The van der Waals surface area contributed by atoms with E-state index in [1.807, 2.05) is 0 Å². The van der Waals surface area contributed by atoms with Gasteiger partial charge >= 0.3 is 0 Å². The number of aliphatic hydroxyl groups is 2. The molecule has 0 amide bonds. The molecule has 1 aromatic carbocycles. The summed E-state index contributed by atoms with van der Waals surface area (Å²) in [6.07, 6.45) is 1.24. The number of aliphatic hydroxyl groups excluding tert-OH is 2. The standard InChI is InChI=1S/C14H20FNO2/c1-9-6-14(12(10(2)18)7-13(9)15)16-5-3-4-11(16)8-17/h6-7,10-11,17-18H,3-5,8H2,1-2H3/t10-,11?/m0/s1. The van der Waals surface area contributed by atoms with Crippen LogP contribution in [0.15, 0.2) is 12.1 Å². The fraction of sp³-hybridized carbons (Fsp3) is 0.571. The van der Waals surface area contributed by atoms with Crippen molar-refractivity contribution in [2.45, 2.75) is 38.8 Å². The van der Waals surface area contributed by atoms with E-state index in [1.54, 1.807) is 19.9 Å². The molecule has 0 bridgehead atoms. The first kappa shape index (κ1) is 13.3. The Morgan fingerprint density at radius 1 is 1.50 bits per heavy atom. The van der Waals surface area contributed by atoms with Gasteiger partial charge in [0.1, 0.15) is 5.82 Å². The zero-order valence-corrected chi connectivity index (χ0v) is 10.9. The Balaban J connectivity index is 2.45. The summed E-state index contributed by atoms with van der Waals surface area (Å²) in [4.78, 5) is 2.08. The molecule has 2 atom stereocenters. The van der Waals surface area contributed by atoms with Gasteiger partial charge in [-0.25, -0.2) is 4.39 Å². The van der Waals surface area contributed by atoms with Crippen LogP contribution >= 0.6 is 0 Å². The van der Waals surface area contributed by atoms with Crippen LogP contribution < -0.4 is 4.90 Å². The van der Waals surface area contributed by atoms with E-state index in [2.05, 4.69) is 4.90 Å². The maximum Gasteiger partial charge on any atom is 0.126 e. The van der Waals surface area contributed by atoms with Crippen LogP contribution in [0.2, 0.25) is 0 Å². The fourth-order valence-electron chi connectivity index (χ4n) is 2.61. The van der Waals surface area contributed by atoms with Crippen LogP contribution in [0, 0.1) is 12.7 Å². The fourth-order valence-corrected chi connectivity index (χ4v) is 2.61. The van der Waals surface area contributed by atoms with Crippen molar-refractivity contribution in [2.75, 3.05) is 18.1 Å². The molecule has 0 spiro atoms. The summed E-state index contributed by atoms with van der Waals surface area (Å²) in [5, 5.41) is 19.2. The highest BCUT2D eigenvalue weighted by molar-refractivity contribution is 5.58. The number of aryl methyl sites for hydroxylation is 1. The first-order chi connectivity index (χ1) is 8.54. The average Bonchev–Trinajstić information content (AvgIpc) is 2.79. The second-order valence-corrected chi connectivity index (χ2v) is 5.01. The van der Waals surface area contributed by atoms with Crippen molar-refractivity contribution in [3.05, 3.63) is 29.1 Å². The van der Waals surface area contributed by atoms with Gasteiger partial charge in [0.2, 0.25) is 0 Å². The molecule has 0 aromatic heterocycles. The first-order valence-corrected chi connectivity index (χ1v) is 6.40. The predicted octanol–water partition coefficient (Wildman–Crippen LogP) is 2.15. The van der Waals surface area contributed by atoms with Gasteiger partial charge < -0.3 is 15.1 Å². The summed E-state index contributed by atoms with van der Waals surface area (Å²) in [5.74, 6) is -0.297. The lowest BCUT2D eigenvalue weighted by Gasteiger charge is -2.29. The van der Waals surface area contributed by atoms with Crippen LogP contribution in [0.25, 0.3) is 0 Å². The van der Waals surface area contributed by atoms with Gasteiger partial charge in [0.05, 0.1) is 18.8 Å². The van der Waals surface area contributed by atoms with E-state index >= 15 is 0 Å². The molecule has 1 aliphatic rings. The smallest absolute Gasteiger partial charge is 0.126 e. The molecule has 1 heterocycles. The molecule has 0 aliphatic carbocycles. The largest absolute Gasteiger partial charge is 0.394 e. The zero-order chi connectivity index (χ0) is 13.3. The third-order valence-corrected chi connectivity index (χ3v) is 3.66. The van der Waals surface area contributed by atoms with Gasteiger partial charge in [0.25, 0.3) is 0 Å². The van der Waals surface area contributed by atoms with Gasteiger partial charge in [-0.05, 0) is 44.4 Å². The lowest BCUT2D eigenvalue weighted by atomic mass is 10.0. The Morgan fingerprint density at radius 2 is 2.22 bits per heavy atom. The van der Waals surface area contributed by atoms with Crippen LogP contribution in [-0.4, -0.2) is 29.4 Å². The highest BCUT2D eigenvalue weighted by Gasteiger charge is 2.27. The van der Waals surface area contributed by atoms with Gasteiger partial charge in [-0.15, -0.1) is 0 Å². The molecule has 1 aromatic rings. The summed E-state index contributed by atoms with van der Waals surface area (Å²) in [6, 6.07) is 3.25. The minimum Gasteiger partial charge on any atom is -0.394 e. The van der Waals surface area contributed by atoms with E-state index in [4.69, 9.17) is 0 Å². The minimum atomic E-state index is -0.713. The molecule has 100 valence electrons. The van der Waals surface area contributed by atoms with E-state index < -0.39 is 6.10 Å². The normalized spacial score (nSPS) is 21.4. The third-order valence-electron chi connectivity index (χ3n) is 3.66. The van der Waals surface area contributed by atoms with Crippen molar-refractivity contribution in [2.24, 2.45) is 0 Å². The topological polar surface area (TPSA) is 43.7 Å². The molecule has 2 N–H and O–H groups in total. The average molecular weight is 253 g/mol. The Morgan fingerprint density at radius 3 is 2.83 bits per heavy atom. The SMILES string of the molecule is Cc1cc(N2CCCC2CO)c([C@H](C)O)cc1F. The van der Waals surface area contributed by atoms with Gasteiger partial charge in [-0.1, -0.05) is 0 Å². The number of benzene rings is 1. The predicted molar refractivity (Wildman–Crippen MR) is 69.2 cm³/mol. The first-order valence-electron chi connectivity index (χ1n) is 6.40. The quantitative estimate of drug-likeness (QED) is 0.867. The van der Waals surface area contributed by atoms with Crippen molar-refractivity contribution in [1.29, 1.82) is 0 Å². The molecule has 0 saturated carbocycles. The summed E-state index contributed by atoms with van der Waals surface area (Å²) in [7, 11) is 0. The van der Waals surface area contributed by atoms with Crippen molar-refractivity contribution < 1.29 is 14.6 Å². The maximum absolute atomic E-state index is 13.6. The third kappa shape index (κ3) is 2.35. The number of nitrogens with zero attached hydrogens (tertiary/aromatic N) is 1. The Kier molecular flexibility index (Phi) is 3.88. The van der Waals surface area contributed by atoms with E-state index in [1.165, 1.54) is 6.07 Å². The lowest BCUT2D eigenvalue weighted by Crippen LogP contribution is -2.33.